The Hall–Kier alpha value is -2.42. The SMILES string of the molecule is Nc1cc(=O)[nH]c(CCNC(=O)C[C@@H]2C(=O)NCCN2CC2CCCCC2)n1. The van der Waals surface area contributed by atoms with Gasteiger partial charge in [-0.15, -0.1) is 0 Å². The molecule has 1 saturated carbocycles. The maximum absolute atomic E-state index is 12.4. The molecule has 0 unspecified atom stereocenters. The van der Waals surface area contributed by atoms with Gasteiger partial charge in [-0.25, -0.2) is 4.98 Å². The first kappa shape index (κ1) is 20.3. The molecule has 1 atom stereocenters. The van der Waals surface area contributed by atoms with Gasteiger partial charge in [0.25, 0.3) is 5.56 Å². The molecule has 0 radical (unpaired) electrons. The molecule has 154 valence electrons. The summed E-state index contributed by atoms with van der Waals surface area (Å²) in [6, 6.07) is 0.797. The molecular weight excluding hydrogens is 360 g/mol. The van der Waals surface area contributed by atoms with E-state index in [2.05, 4.69) is 25.5 Å². The van der Waals surface area contributed by atoms with Gasteiger partial charge >= 0.3 is 0 Å². The zero-order valence-corrected chi connectivity index (χ0v) is 16.2. The van der Waals surface area contributed by atoms with Crippen molar-refractivity contribution in [2.75, 3.05) is 31.9 Å². The van der Waals surface area contributed by atoms with E-state index in [1.165, 1.54) is 38.2 Å². The Morgan fingerprint density at radius 3 is 2.82 bits per heavy atom. The highest BCUT2D eigenvalue weighted by Gasteiger charge is 2.33. The molecule has 2 heterocycles. The van der Waals surface area contributed by atoms with Crippen molar-refractivity contribution < 1.29 is 9.59 Å². The van der Waals surface area contributed by atoms with Crippen LogP contribution >= 0.6 is 0 Å². The van der Waals surface area contributed by atoms with Crippen molar-refractivity contribution in [2.45, 2.75) is 51.0 Å². The van der Waals surface area contributed by atoms with Crippen LogP contribution in [-0.2, 0) is 16.0 Å². The van der Waals surface area contributed by atoms with Crippen LogP contribution in [0.15, 0.2) is 10.9 Å². The van der Waals surface area contributed by atoms with E-state index >= 15 is 0 Å². The van der Waals surface area contributed by atoms with E-state index in [0.29, 0.717) is 31.3 Å². The number of hydrogen-bond donors (Lipinski definition) is 4. The van der Waals surface area contributed by atoms with Crippen molar-refractivity contribution in [2.24, 2.45) is 5.92 Å². The number of anilines is 1. The highest BCUT2D eigenvalue weighted by molar-refractivity contribution is 5.88. The third kappa shape index (κ3) is 5.79. The van der Waals surface area contributed by atoms with E-state index < -0.39 is 6.04 Å². The number of nitrogens with zero attached hydrogens (tertiary/aromatic N) is 2. The second-order valence-electron chi connectivity index (χ2n) is 7.73. The van der Waals surface area contributed by atoms with Gasteiger partial charge in [0.15, 0.2) is 0 Å². The third-order valence-corrected chi connectivity index (χ3v) is 5.53. The molecule has 0 spiro atoms. The summed E-state index contributed by atoms with van der Waals surface area (Å²) < 4.78 is 0. The molecule has 1 saturated heterocycles. The van der Waals surface area contributed by atoms with Gasteiger partial charge in [-0.3, -0.25) is 19.3 Å². The number of aromatic nitrogens is 2. The number of amides is 2. The lowest BCUT2D eigenvalue weighted by Crippen LogP contribution is -2.57. The number of piperazine rings is 1. The smallest absolute Gasteiger partial charge is 0.252 e. The second kappa shape index (κ2) is 9.68. The molecule has 2 fully saturated rings. The van der Waals surface area contributed by atoms with Gasteiger partial charge in [0.1, 0.15) is 11.6 Å². The van der Waals surface area contributed by atoms with Crippen LogP contribution < -0.4 is 21.9 Å². The first-order valence-electron chi connectivity index (χ1n) is 10.2. The fraction of sp³-hybridized carbons (Fsp3) is 0.684. The molecule has 2 aliphatic rings. The van der Waals surface area contributed by atoms with Crippen LogP contribution in [0.5, 0.6) is 0 Å². The van der Waals surface area contributed by atoms with Crippen LogP contribution in [-0.4, -0.2) is 58.9 Å². The number of nitrogen functional groups attached to an aromatic ring is 1. The van der Waals surface area contributed by atoms with Gasteiger partial charge in [0.05, 0.1) is 12.5 Å². The minimum absolute atomic E-state index is 0.0703. The van der Waals surface area contributed by atoms with Crippen LogP contribution in [0.4, 0.5) is 5.82 Å². The molecule has 28 heavy (non-hydrogen) atoms. The Morgan fingerprint density at radius 1 is 1.29 bits per heavy atom. The van der Waals surface area contributed by atoms with E-state index in [9.17, 15) is 14.4 Å². The fourth-order valence-corrected chi connectivity index (χ4v) is 4.12. The van der Waals surface area contributed by atoms with Gasteiger partial charge in [-0.1, -0.05) is 19.3 Å². The Bertz CT molecular complexity index is 743. The predicted octanol–water partition coefficient (Wildman–Crippen LogP) is -0.218. The number of carbonyl (C=O) groups is 2. The van der Waals surface area contributed by atoms with Crippen molar-refractivity contribution in [1.82, 2.24) is 25.5 Å². The maximum atomic E-state index is 12.4. The van der Waals surface area contributed by atoms with Gasteiger partial charge < -0.3 is 21.4 Å². The Labute approximate surface area is 164 Å². The summed E-state index contributed by atoms with van der Waals surface area (Å²) in [5, 5.41) is 5.69. The van der Waals surface area contributed by atoms with Crippen LogP contribution in [0.3, 0.4) is 0 Å². The number of nitrogens with two attached hydrogens (primary N) is 1. The number of nitrogens with one attached hydrogen (secondary N) is 3. The molecule has 1 aliphatic heterocycles. The van der Waals surface area contributed by atoms with E-state index in [-0.39, 0.29) is 29.6 Å². The summed E-state index contributed by atoms with van der Waals surface area (Å²) in [7, 11) is 0. The first-order chi connectivity index (χ1) is 13.5. The predicted molar refractivity (Wildman–Crippen MR) is 106 cm³/mol. The minimum atomic E-state index is -0.416. The average molecular weight is 390 g/mol. The van der Waals surface area contributed by atoms with E-state index in [4.69, 9.17) is 5.73 Å². The highest BCUT2D eigenvalue weighted by atomic mass is 16.2. The largest absolute Gasteiger partial charge is 0.383 e. The van der Waals surface area contributed by atoms with Crippen LogP contribution in [0.25, 0.3) is 0 Å². The van der Waals surface area contributed by atoms with Gasteiger partial charge in [0.2, 0.25) is 11.8 Å². The lowest BCUT2D eigenvalue weighted by Gasteiger charge is -2.37. The number of aromatic amines is 1. The monoisotopic (exact) mass is 390 g/mol. The molecule has 2 amide bonds. The quantitative estimate of drug-likeness (QED) is 0.509. The normalized spacial score (nSPS) is 21.3. The maximum Gasteiger partial charge on any atom is 0.252 e. The second-order valence-corrected chi connectivity index (χ2v) is 7.73. The summed E-state index contributed by atoms with van der Waals surface area (Å²) in [5.74, 6) is 0.958. The Balaban J connectivity index is 1.49. The van der Waals surface area contributed by atoms with E-state index in [1.807, 2.05) is 0 Å². The van der Waals surface area contributed by atoms with E-state index in [0.717, 1.165) is 13.1 Å². The third-order valence-electron chi connectivity index (χ3n) is 5.53. The zero-order valence-electron chi connectivity index (χ0n) is 16.2. The summed E-state index contributed by atoms with van der Waals surface area (Å²) in [5.41, 5.74) is 5.24. The zero-order chi connectivity index (χ0) is 19.9. The van der Waals surface area contributed by atoms with Crippen LogP contribution in [0.1, 0.15) is 44.3 Å². The summed E-state index contributed by atoms with van der Waals surface area (Å²) >= 11 is 0. The first-order valence-corrected chi connectivity index (χ1v) is 10.2. The number of H-pyrrole nitrogens is 1. The molecule has 5 N–H and O–H groups in total. The molecular formula is C19H30N6O3. The molecule has 9 heteroatoms. The number of rotatable bonds is 7. The van der Waals surface area contributed by atoms with Crippen molar-refractivity contribution in [3.8, 4) is 0 Å². The van der Waals surface area contributed by atoms with Crippen molar-refractivity contribution >= 4 is 17.6 Å². The lowest BCUT2D eigenvalue weighted by molar-refractivity contribution is -0.134. The summed E-state index contributed by atoms with van der Waals surface area (Å²) in [6.45, 7) is 2.63. The van der Waals surface area contributed by atoms with Crippen LogP contribution in [0, 0.1) is 5.92 Å². The van der Waals surface area contributed by atoms with Gasteiger partial charge in [-0.05, 0) is 18.8 Å². The summed E-state index contributed by atoms with van der Waals surface area (Å²) in [4.78, 5) is 44.9. The average Bonchev–Trinajstić information content (AvgIpc) is 2.65. The highest BCUT2D eigenvalue weighted by Crippen LogP contribution is 2.25. The van der Waals surface area contributed by atoms with Crippen molar-refractivity contribution in [1.29, 1.82) is 0 Å². The topological polar surface area (TPSA) is 133 Å². The molecule has 1 aromatic heterocycles. The van der Waals surface area contributed by atoms with Crippen molar-refractivity contribution in [3.05, 3.63) is 22.2 Å². The number of carbonyl (C=O) groups excluding carboxylic acids is 2. The lowest BCUT2D eigenvalue weighted by atomic mass is 9.88. The van der Waals surface area contributed by atoms with Gasteiger partial charge in [0, 0.05) is 38.7 Å². The van der Waals surface area contributed by atoms with Crippen LogP contribution in [0.2, 0.25) is 0 Å². The Morgan fingerprint density at radius 2 is 2.07 bits per heavy atom. The molecule has 1 aromatic rings. The van der Waals surface area contributed by atoms with E-state index in [1.54, 1.807) is 0 Å². The number of hydrogen-bond acceptors (Lipinski definition) is 6. The molecule has 3 rings (SSSR count). The van der Waals surface area contributed by atoms with Crippen molar-refractivity contribution in [3.63, 3.8) is 0 Å². The molecule has 0 bridgehead atoms. The minimum Gasteiger partial charge on any atom is -0.383 e. The fourth-order valence-electron chi connectivity index (χ4n) is 4.12. The standard InChI is InChI=1S/C19H30N6O3/c20-15-11-18(27)24-16(23-15)6-7-21-17(26)10-14-19(28)22-8-9-25(14)12-13-4-2-1-3-5-13/h11,13-14H,1-10,12H2,(H,21,26)(H,22,28)(H3,20,23,24,27)/t14-/m1/s1. The molecule has 9 nitrogen and oxygen atoms in total. The molecule has 1 aliphatic carbocycles. The Kier molecular flexibility index (Phi) is 7.02. The summed E-state index contributed by atoms with van der Waals surface area (Å²) in [6.07, 6.45) is 6.75. The molecule has 0 aromatic carbocycles. The van der Waals surface area contributed by atoms with Gasteiger partial charge in [-0.2, -0.15) is 0 Å².